The molecule has 0 unspecified atom stereocenters. The highest BCUT2D eigenvalue weighted by Crippen LogP contribution is 2.40. The van der Waals surface area contributed by atoms with Gasteiger partial charge >= 0.3 is 6.03 Å². The molecule has 0 aromatic carbocycles. The van der Waals surface area contributed by atoms with E-state index in [2.05, 4.69) is 20.0 Å². The fraction of sp³-hybridized carbons (Fsp3) is 0.583. The Kier molecular flexibility index (Phi) is 3.00. The molecule has 1 aromatic heterocycles. The van der Waals surface area contributed by atoms with Gasteiger partial charge in [0.05, 0.1) is 6.54 Å². The van der Waals surface area contributed by atoms with Crippen molar-refractivity contribution >= 4 is 17.8 Å². The van der Waals surface area contributed by atoms with Crippen molar-refractivity contribution in [3.8, 4) is 0 Å². The summed E-state index contributed by atoms with van der Waals surface area (Å²) in [7, 11) is 0. The van der Waals surface area contributed by atoms with Crippen LogP contribution in [0.5, 0.6) is 0 Å². The number of hydrogen-bond donors (Lipinski definition) is 1. The minimum atomic E-state index is -1.10. The van der Waals surface area contributed by atoms with E-state index in [-0.39, 0.29) is 12.4 Å². The van der Waals surface area contributed by atoms with E-state index in [0.29, 0.717) is 12.8 Å². The fourth-order valence-corrected chi connectivity index (χ4v) is 2.88. The van der Waals surface area contributed by atoms with Crippen LogP contribution in [0.25, 0.3) is 0 Å². The second kappa shape index (κ2) is 4.69. The molecule has 8 nitrogen and oxygen atoms in total. The second-order valence-electron chi connectivity index (χ2n) is 5.14. The molecule has 8 heteroatoms. The summed E-state index contributed by atoms with van der Waals surface area (Å²) >= 11 is 0. The zero-order valence-electron chi connectivity index (χ0n) is 10.8. The Morgan fingerprint density at radius 2 is 2.00 bits per heavy atom. The first-order chi connectivity index (χ1) is 9.63. The first-order valence-corrected chi connectivity index (χ1v) is 6.56. The number of imide groups is 2. The van der Waals surface area contributed by atoms with Crippen LogP contribution in [-0.2, 0) is 16.1 Å². The Morgan fingerprint density at radius 3 is 2.65 bits per heavy atom. The monoisotopic (exact) mass is 278 g/mol. The number of nitrogens with one attached hydrogen (secondary N) is 1. The molecule has 1 saturated carbocycles. The van der Waals surface area contributed by atoms with Crippen LogP contribution in [0.2, 0.25) is 0 Å². The fourth-order valence-electron chi connectivity index (χ4n) is 2.88. The van der Waals surface area contributed by atoms with Gasteiger partial charge in [-0.05, 0) is 12.8 Å². The number of urea groups is 1. The normalized spacial score (nSPS) is 22.2. The third-order valence-corrected chi connectivity index (χ3v) is 3.97. The number of amides is 4. The van der Waals surface area contributed by atoms with E-state index in [9.17, 15) is 14.4 Å². The Balaban J connectivity index is 1.88. The molecule has 3 rings (SSSR count). The van der Waals surface area contributed by atoms with Gasteiger partial charge in [-0.3, -0.25) is 19.8 Å². The highest BCUT2D eigenvalue weighted by molar-refractivity contribution is 6.19. The Bertz CT molecular complexity index is 548. The lowest BCUT2D eigenvalue weighted by molar-refractivity contribution is -0.154. The summed E-state index contributed by atoms with van der Waals surface area (Å²) in [6, 6.07) is -0.721. The van der Waals surface area contributed by atoms with Crippen molar-refractivity contribution in [2.24, 2.45) is 5.41 Å². The number of nitrogens with zero attached hydrogens (tertiary/aromatic N) is 3. The number of barbiturate groups is 1. The van der Waals surface area contributed by atoms with Crippen LogP contribution >= 0.6 is 0 Å². The molecule has 1 aromatic rings. The molecule has 4 amide bonds. The van der Waals surface area contributed by atoms with Gasteiger partial charge in [0, 0.05) is 0 Å². The zero-order chi connectivity index (χ0) is 14.2. The highest BCUT2D eigenvalue weighted by Gasteiger charge is 2.53. The highest BCUT2D eigenvalue weighted by atomic mass is 16.5. The molecule has 1 aliphatic heterocycles. The summed E-state index contributed by atoms with van der Waals surface area (Å²) < 4.78 is 4.59. The van der Waals surface area contributed by atoms with Gasteiger partial charge in [-0.2, -0.15) is 4.98 Å². The predicted octanol–water partition coefficient (Wildman–Crippen LogP) is 0.598. The summed E-state index contributed by atoms with van der Waals surface area (Å²) in [6.45, 7) is -0.0871. The lowest BCUT2D eigenvalue weighted by Gasteiger charge is -2.40. The van der Waals surface area contributed by atoms with Crippen LogP contribution < -0.4 is 5.32 Å². The molecule has 1 spiro atoms. The quantitative estimate of drug-likeness (QED) is 0.794. The van der Waals surface area contributed by atoms with Crippen molar-refractivity contribution in [2.75, 3.05) is 0 Å². The molecular weight excluding hydrogens is 264 g/mol. The van der Waals surface area contributed by atoms with E-state index in [4.69, 9.17) is 0 Å². The van der Waals surface area contributed by atoms with E-state index in [1.807, 2.05) is 0 Å². The molecule has 0 atom stereocenters. The zero-order valence-corrected chi connectivity index (χ0v) is 10.8. The van der Waals surface area contributed by atoms with Crippen LogP contribution in [-0.4, -0.2) is 32.9 Å². The molecule has 1 saturated heterocycles. The number of carbonyl (C=O) groups is 3. The van der Waals surface area contributed by atoms with Crippen molar-refractivity contribution in [1.29, 1.82) is 0 Å². The molecule has 0 bridgehead atoms. The first-order valence-electron chi connectivity index (χ1n) is 6.56. The predicted molar refractivity (Wildman–Crippen MR) is 63.9 cm³/mol. The standard InChI is InChI=1S/C12H14N4O4/c17-9-12(4-2-1-3-5-12)10(18)16(11(19)14-9)6-8-13-7-20-15-8/h7H,1-6H2,(H,14,17,19). The molecule has 2 aliphatic rings. The van der Waals surface area contributed by atoms with Gasteiger partial charge in [0.2, 0.25) is 18.2 Å². The molecule has 20 heavy (non-hydrogen) atoms. The Morgan fingerprint density at radius 1 is 1.25 bits per heavy atom. The van der Waals surface area contributed by atoms with Crippen molar-refractivity contribution < 1.29 is 18.9 Å². The summed E-state index contributed by atoms with van der Waals surface area (Å²) in [4.78, 5) is 41.4. The number of carbonyl (C=O) groups excluding carboxylic acids is 3. The van der Waals surface area contributed by atoms with Gasteiger partial charge in [0.25, 0.3) is 0 Å². The maximum absolute atomic E-state index is 12.6. The van der Waals surface area contributed by atoms with Crippen LogP contribution in [0.1, 0.15) is 37.9 Å². The second-order valence-corrected chi connectivity index (χ2v) is 5.14. The summed E-state index contributed by atoms with van der Waals surface area (Å²) in [5.41, 5.74) is -1.10. The summed E-state index contributed by atoms with van der Waals surface area (Å²) in [5.74, 6) is -0.693. The molecule has 1 N–H and O–H groups in total. The van der Waals surface area contributed by atoms with Gasteiger partial charge in [0.15, 0.2) is 5.82 Å². The van der Waals surface area contributed by atoms with E-state index in [1.165, 1.54) is 0 Å². The smallest absolute Gasteiger partial charge is 0.331 e. The largest absolute Gasteiger partial charge is 0.343 e. The topological polar surface area (TPSA) is 105 Å². The maximum Gasteiger partial charge on any atom is 0.331 e. The number of rotatable bonds is 2. The Labute approximate surface area is 114 Å². The lowest BCUT2D eigenvalue weighted by atomic mass is 9.71. The molecule has 2 fully saturated rings. The average molecular weight is 278 g/mol. The minimum absolute atomic E-state index is 0.0871. The van der Waals surface area contributed by atoms with Gasteiger partial charge in [-0.25, -0.2) is 4.79 Å². The molecule has 106 valence electrons. The van der Waals surface area contributed by atoms with Crippen molar-refractivity contribution in [1.82, 2.24) is 20.4 Å². The van der Waals surface area contributed by atoms with Crippen molar-refractivity contribution in [2.45, 2.75) is 38.6 Å². The van der Waals surface area contributed by atoms with E-state index < -0.39 is 23.3 Å². The molecule has 2 heterocycles. The Hall–Kier alpha value is -2.25. The molecule has 1 aliphatic carbocycles. The van der Waals surface area contributed by atoms with Crippen molar-refractivity contribution in [3.05, 3.63) is 12.2 Å². The lowest BCUT2D eigenvalue weighted by Crippen LogP contribution is -2.64. The van der Waals surface area contributed by atoms with Crippen LogP contribution in [0.3, 0.4) is 0 Å². The molecule has 0 radical (unpaired) electrons. The van der Waals surface area contributed by atoms with Gasteiger partial charge in [0.1, 0.15) is 5.41 Å². The SMILES string of the molecule is O=C1NC(=O)C2(CCCCC2)C(=O)N1Cc1ncon1. The number of hydrogen-bond acceptors (Lipinski definition) is 6. The van der Waals surface area contributed by atoms with Crippen LogP contribution in [0.4, 0.5) is 4.79 Å². The average Bonchev–Trinajstić information content (AvgIpc) is 2.96. The van der Waals surface area contributed by atoms with Gasteiger partial charge < -0.3 is 4.52 Å². The first kappa shape index (κ1) is 12.8. The van der Waals surface area contributed by atoms with Crippen LogP contribution in [0.15, 0.2) is 10.9 Å². The maximum atomic E-state index is 12.6. The third kappa shape index (κ3) is 1.87. The van der Waals surface area contributed by atoms with E-state index in [0.717, 1.165) is 30.6 Å². The minimum Gasteiger partial charge on any atom is -0.343 e. The summed E-state index contributed by atoms with van der Waals surface area (Å²) in [5, 5.41) is 5.86. The van der Waals surface area contributed by atoms with E-state index in [1.54, 1.807) is 0 Å². The van der Waals surface area contributed by atoms with Gasteiger partial charge in [-0.15, -0.1) is 0 Å². The van der Waals surface area contributed by atoms with Crippen molar-refractivity contribution in [3.63, 3.8) is 0 Å². The van der Waals surface area contributed by atoms with Gasteiger partial charge in [-0.1, -0.05) is 24.4 Å². The van der Waals surface area contributed by atoms with Crippen LogP contribution in [0, 0.1) is 5.41 Å². The third-order valence-electron chi connectivity index (χ3n) is 3.97. The number of aromatic nitrogens is 2. The molecular formula is C12H14N4O4. The summed E-state index contributed by atoms with van der Waals surface area (Å²) in [6.07, 6.45) is 4.71. The van der Waals surface area contributed by atoms with E-state index >= 15 is 0 Å².